The fourth-order valence-corrected chi connectivity index (χ4v) is 3.95. The Morgan fingerprint density at radius 1 is 0.871 bits per heavy atom. The van der Waals surface area contributed by atoms with E-state index in [0.29, 0.717) is 32.6 Å². The first-order valence-corrected chi connectivity index (χ1v) is 10.8. The van der Waals surface area contributed by atoms with Gasteiger partial charge in [-0.2, -0.15) is 0 Å². The Morgan fingerprint density at radius 3 is 2.42 bits per heavy atom. The van der Waals surface area contributed by atoms with Crippen molar-refractivity contribution in [2.45, 2.75) is 19.3 Å². The molecule has 31 heavy (non-hydrogen) atoms. The minimum Gasteiger partial charge on any atom is -0.339 e. The number of para-hydroxylation sites is 1. The number of piperazine rings is 1. The Balaban J connectivity index is 1.25. The van der Waals surface area contributed by atoms with E-state index in [9.17, 15) is 9.59 Å². The van der Waals surface area contributed by atoms with Gasteiger partial charge in [0.05, 0.1) is 5.52 Å². The summed E-state index contributed by atoms with van der Waals surface area (Å²) >= 11 is 0. The molecule has 1 aromatic heterocycles. The van der Waals surface area contributed by atoms with Crippen molar-refractivity contribution in [3.05, 3.63) is 84.1 Å². The zero-order chi connectivity index (χ0) is 21.5. The van der Waals surface area contributed by atoms with Crippen LogP contribution in [0.2, 0.25) is 0 Å². The molecule has 0 aliphatic carbocycles. The third-order valence-electron chi connectivity index (χ3n) is 5.71. The number of hydrogen-bond donors (Lipinski definition) is 0. The second-order valence-corrected chi connectivity index (χ2v) is 7.80. The second kappa shape index (κ2) is 10.0. The molecule has 0 radical (unpaired) electrons. The zero-order valence-corrected chi connectivity index (χ0v) is 17.6. The highest BCUT2D eigenvalue weighted by Gasteiger charge is 2.22. The molecule has 0 N–H and O–H groups in total. The summed E-state index contributed by atoms with van der Waals surface area (Å²) in [5.74, 6) is 0.157. The Kier molecular flexibility index (Phi) is 6.72. The third-order valence-corrected chi connectivity index (χ3v) is 5.71. The van der Waals surface area contributed by atoms with E-state index in [1.54, 1.807) is 12.3 Å². The molecule has 2 amide bonds. The minimum absolute atomic E-state index is 0.0240. The maximum absolute atomic E-state index is 12.6. The second-order valence-electron chi connectivity index (χ2n) is 7.80. The van der Waals surface area contributed by atoms with E-state index < -0.39 is 0 Å². The highest BCUT2D eigenvalue weighted by Crippen LogP contribution is 2.17. The van der Waals surface area contributed by atoms with Gasteiger partial charge in [0.2, 0.25) is 11.8 Å². The fourth-order valence-electron chi connectivity index (χ4n) is 3.95. The third kappa shape index (κ3) is 5.37. The van der Waals surface area contributed by atoms with Crippen molar-refractivity contribution in [1.82, 2.24) is 14.8 Å². The van der Waals surface area contributed by atoms with Gasteiger partial charge in [-0.3, -0.25) is 14.6 Å². The summed E-state index contributed by atoms with van der Waals surface area (Å²) in [6.45, 7) is 2.34. The highest BCUT2D eigenvalue weighted by molar-refractivity contribution is 5.95. The molecule has 1 aliphatic heterocycles. The lowest BCUT2D eigenvalue weighted by molar-refractivity contribution is -0.137. The van der Waals surface area contributed by atoms with Gasteiger partial charge in [0, 0.05) is 55.8 Å². The molecule has 5 nitrogen and oxygen atoms in total. The van der Waals surface area contributed by atoms with Crippen LogP contribution in [0.1, 0.15) is 24.0 Å². The first kappa shape index (κ1) is 20.8. The maximum Gasteiger partial charge on any atom is 0.246 e. The van der Waals surface area contributed by atoms with Crippen LogP contribution in [0, 0.1) is 0 Å². The van der Waals surface area contributed by atoms with Crippen molar-refractivity contribution in [3.8, 4) is 0 Å². The molecule has 0 unspecified atom stereocenters. The summed E-state index contributed by atoms with van der Waals surface area (Å²) in [7, 11) is 0. The largest absolute Gasteiger partial charge is 0.339 e. The van der Waals surface area contributed by atoms with E-state index in [-0.39, 0.29) is 11.8 Å². The number of fused-ring (bicyclic) bond motifs is 1. The Bertz CT molecular complexity index is 1060. The summed E-state index contributed by atoms with van der Waals surface area (Å²) in [5, 5.41) is 1.05. The van der Waals surface area contributed by atoms with E-state index >= 15 is 0 Å². The Labute approximate surface area is 183 Å². The van der Waals surface area contributed by atoms with E-state index in [1.165, 1.54) is 5.56 Å². The molecule has 0 bridgehead atoms. The average molecular weight is 414 g/mol. The number of pyridine rings is 1. The van der Waals surface area contributed by atoms with Crippen molar-refractivity contribution >= 4 is 28.8 Å². The smallest absolute Gasteiger partial charge is 0.246 e. The summed E-state index contributed by atoms with van der Waals surface area (Å²) in [6, 6.07) is 20.1. The lowest BCUT2D eigenvalue weighted by atomic mass is 10.1. The fraction of sp³-hybridized carbons (Fsp3) is 0.269. The predicted molar refractivity (Wildman–Crippen MR) is 123 cm³/mol. The van der Waals surface area contributed by atoms with Crippen LogP contribution in [-0.2, 0) is 16.0 Å². The zero-order valence-electron chi connectivity index (χ0n) is 17.6. The molecule has 4 rings (SSSR count). The van der Waals surface area contributed by atoms with Gasteiger partial charge in [-0.1, -0.05) is 54.6 Å². The van der Waals surface area contributed by atoms with E-state index in [2.05, 4.69) is 17.1 Å². The molecular weight excluding hydrogens is 386 g/mol. The molecule has 3 aromatic rings. The monoisotopic (exact) mass is 413 g/mol. The number of carbonyl (C=O) groups excluding carboxylic acids is 2. The Hall–Kier alpha value is -3.47. The number of amides is 2. The quantitative estimate of drug-likeness (QED) is 0.575. The van der Waals surface area contributed by atoms with Crippen LogP contribution < -0.4 is 0 Å². The lowest BCUT2D eigenvalue weighted by Crippen LogP contribution is -2.50. The minimum atomic E-state index is -0.0240. The van der Waals surface area contributed by atoms with Gasteiger partial charge in [0.1, 0.15) is 0 Å². The summed E-state index contributed by atoms with van der Waals surface area (Å²) < 4.78 is 0. The van der Waals surface area contributed by atoms with Crippen molar-refractivity contribution in [3.63, 3.8) is 0 Å². The lowest BCUT2D eigenvalue weighted by Gasteiger charge is -2.34. The molecule has 0 atom stereocenters. The number of benzene rings is 2. The highest BCUT2D eigenvalue weighted by atomic mass is 16.2. The molecule has 0 saturated carbocycles. The van der Waals surface area contributed by atoms with Gasteiger partial charge in [-0.05, 0) is 30.5 Å². The van der Waals surface area contributed by atoms with Crippen molar-refractivity contribution in [2.75, 3.05) is 26.2 Å². The molecule has 1 aliphatic rings. The Morgan fingerprint density at radius 2 is 1.61 bits per heavy atom. The van der Waals surface area contributed by atoms with Crippen molar-refractivity contribution < 1.29 is 9.59 Å². The molecular formula is C26H27N3O2. The van der Waals surface area contributed by atoms with Crippen LogP contribution in [0.25, 0.3) is 17.0 Å². The van der Waals surface area contributed by atoms with E-state index in [0.717, 1.165) is 29.3 Å². The average Bonchev–Trinajstić information content (AvgIpc) is 2.83. The van der Waals surface area contributed by atoms with Crippen LogP contribution in [0.3, 0.4) is 0 Å². The molecule has 158 valence electrons. The molecule has 5 heteroatoms. The van der Waals surface area contributed by atoms with Gasteiger partial charge in [0.15, 0.2) is 0 Å². The van der Waals surface area contributed by atoms with Crippen molar-refractivity contribution in [1.29, 1.82) is 0 Å². The topological polar surface area (TPSA) is 53.5 Å². The van der Waals surface area contributed by atoms with Crippen LogP contribution >= 0.6 is 0 Å². The summed E-state index contributed by atoms with van der Waals surface area (Å²) in [4.78, 5) is 33.2. The SMILES string of the molecule is O=C(/C=C/c1cccc2cccnc12)N1CCN(C(=O)CCCc2ccccc2)CC1. The predicted octanol–water partition coefficient (Wildman–Crippen LogP) is 3.94. The standard InChI is InChI=1S/C26H27N3O2/c30-24(13-4-9-21-7-2-1-3-8-21)28-17-19-29(20-18-28)25(31)15-14-23-11-5-10-22-12-6-16-27-26(22)23/h1-3,5-8,10-12,14-16H,4,9,13,17-20H2/b15-14+. The van der Waals surface area contributed by atoms with E-state index in [1.807, 2.05) is 64.4 Å². The molecule has 2 heterocycles. The molecule has 0 spiro atoms. The van der Waals surface area contributed by atoms with Gasteiger partial charge in [-0.25, -0.2) is 0 Å². The number of nitrogens with zero attached hydrogens (tertiary/aromatic N) is 3. The first-order valence-electron chi connectivity index (χ1n) is 10.8. The van der Waals surface area contributed by atoms with Gasteiger partial charge >= 0.3 is 0 Å². The number of hydrogen-bond acceptors (Lipinski definition) is 3. The number of aromatic nitrogens is 1. The maximum atomic E-state index is 12.6. The number of rotatable bonds is 6. The summed E-state index contributed by atoms with van der Waals surface area (Å²) in [6.07, 6.45) is 7.52. The van der Waals surface area contributed by atoms with Crippen LogP contribution in [0.15, 0.2) is 72.9 Å². The van der Waals surface area contributed by atoms with Crippen LogP contribution in [0.5, 0.6) is 0 Å². The summed E-state index contributed by atoms with van der Waals surface area (Å²) in [5.41, 5.74) is 3.08. The van der Waals surface area contributed by atoms with Gasteiger partial charge < -0.3 is 9.80 Å². The number of carbonyl (C=O) groups is 2. The number of aryl methyl sites for hydroxylation is 1. The van der Waals surface area contributed by atoms with Crippen LogP contribution in [0.4, 0.5) is 0 Å². The molecule has 2 aromatic carbocycles. The molecule has 1 saturated heterocycles. The van der Waals surface area contributed by atoms with E-state index in [4.69, 9.17) is 0 Å². The normalized spacial score (nSPS) is 14.3. The van der Waals surface area contributed by atoms with Crippen molar-refractivity contribution in [2.24, 2.45) is 0 Å². The first-order chi connectivity index (χ1) is 15.2. The molecule has 1 fully saturated rings. The van der Waals surface area contributed by atoms with Crippen LogP contribution in [-0.4, -0.2) is 52.8 Å². The van der Waals surface area contributed by atoms with Gasteiger partial charge in [0.25, 0.3) is 0 Å². The van der Waals surface area contributed by atoms with Gasteiger partial charge in [-0.15, -0.1) is 0 Å².